The number of nitrogens with one attached hydrogen (secondary N) is 3. The lowest BCUT2D eigenvalue weighted by Crippen LogP contribution is -2.37. The molecule has 0 unspecified atom stereocenters. The molecule has 0 amide bonds. The summed E-state index contributed by atoms with van der Waals surface area (Å²) >= 11 is 0. The predicted molar refractivity (Wildman–Crippen MR) is 99.5 cm³/mol. The minimum Gasteiger partial charge on any atom is -0.357 e. The molecule has 2 aromatic rings. The van der Waals surface area contributed by atoms with E-state index in [9.17, 15) is 0 Å². The van der Waals surface area contributed by atoms with Crippen molar-refractivity contribution in [1.82, 2.24) is 20.6 Å². The fourth-order valence-electron chi connectivity index (χ4n) is 2.07. The van der Waals surface area contributed by atoms with Crippen molar-refractivity contribution in [2.75, 3.05) is 19.6 Å². The van der Waals surface area contributed by atoms with Crippen LogP contribution in [0.25, 0.3) is 11.0 Å². The summed E-state index contributed by atoms with van der Waals surface area (Å²) < 4.78 is 0. The van der Waals surface area contributed by atoms with Crippen LogP contribution >= 0.6 is 24.0 Å². The van der Waals surface area contributed by atoms with Gasteiger partial charge in [0.1, 0.15) is 5.82 Å². The van der Waals surface area contributed by atoms with E-state index in [1.807, 2.05) is 18.2 Å². The number of aromatic amines is 1. The molecule has 0 saturated carbocycles. The van der Waals surface area contributed by atoms with Crippen molar-refractivity contribution in [3.8, 4) is 0 Å². The van der Waals surface area contributed by atoms with Crippen molar-refractivity contribution < 1.29 is 0 Å². The molecule has 1 aromatic heterocycles. The third kappa shape index (κ3) is 5.53. The second-order valence-electron chi connectivity index (χ2n) is 4.60. The zero-order chi connectivity index (χ0) is 14.2. The summed E-state index contributed by atoms with van der Waals surface area (Å²) in [5.41, 5.74) is 2.14. The first kappa shape index (κ1) is 17.7. The summed E-state index contributed by atoms with van der Waals surface area (Å²) in [6.07, 6.45) is 1.91. The average Bonchev–Trinajstić information content (AvgIpc) is 2.86. The molecular formula is C15H24IN5. The van der Waals surface area contributed by atoms with Gasteiger partial charge in [-0.15, -0.1) is 24.0 Å². The average molecular weight is 401 g/mol. The van der Waals surface area contributed by atoms with E-state index in [2.05, 4.69) is 45.5 Å². The van der Waals surface area contributed by atoms with Crippen LogP contribution in [0.2, 0.25) is 0 Å². The van der Waals surface area contributed by atoms with E-state index in [1.165, 1.54) is 0 Å². The van der Waals surface area contributed by atoms with Gasteiger partial charge in [-0.05, 0) is 32.4 Å². The van der Waals surface area contributed by atoms with Gasteiger partial charge in [-0.25, -0.2) is 4.98 Å². The number of aryl methyl sites for hydroxylation is 1. The topological polar surface area (TPSA) is 65.1 Å². The smallest absolute Gasteiger partial charge is 0.191 e. The summed E-state index contributed by atoms with van der Waals surface area (Å²) in [4.78, 5) is 12.4. The predicted octanol–water partition coefficient (Wildman–Crippen LogP) is 2.69. The molecule has 0 bridgehead atoms. The van der Waals surface area contributed by atoms with Gasteiger partial charge in [-0.3, -0.25) is 4.99 Å². The Morgan fingerprint density at radius 2 is 1.90 bits per heavy atom. The quantitative estimate of drug-likeness (QED) is 0.302. The SMILES string of the molecule is CCNC(=NCCCc1nc2ccccc2[nH]1)NCC.I. The normalized spacial score (nSPS) is 10.0. The molecule has 116 valence electrons. The van der Waals surface area contributed by atoms with Crippen LogP contribution in [0.1, 0.15) is 26.1 Å². The van der Waals surface area contributed by atoms with Gasteiger partial charge in [0.15, 0.2) is 5.96 Å². The van der Waals surface area contributed by atoms with Crippen LogP contribution < -0.4 is 10.6 Å². The van der Waals surface area contributed by atoms with Crippen molar-refractivity contribution in [3.05, 3.63) is 30.1 Å². The monoisotopic (exact) mass is 401 g/mol. The second-order valence-corrected chi connectivity index (χ2v) is 4.60. The fourth-order valence-corrected chi connectivity index (χ4v) is 2.07. The number of guanidine groups is 1. The van der Waals surface area contributed by atoms with Crippen molar-refractivity contribution in [2.24, 2.45) is 4.99 Å². The van der Waals surface area contributed by atoms with Gasteiger partial charge in [-0.1, -0.05) is 12.1 Å². The van der Waals surface area contributed by atoms with Crippen LogP contribution in [0.15, 0.2) is 29.3 Å². The Balaban J connectivity index is 0.00000220. The first-order valence-corrected chi connectivity index (χ1v) is 7.29. The molecule has 5 nitrogen and oxygen atoms in total. The highest BCUT2D eigenvalue weighted by Gasteiger charge is 2.01. The van der Waals surface area contributed by atoms with Crippen molar-refractivity contribution >= 4 is 41.0 Å². The highest BCUT2D eigenvalue weighted by Crippen LogP contribution is 2.11. The first-order valence-electron chi connectivity index (χ1n) is 7.29. The Bertz CT molecular complexity index is 523. The lowest BCUT2D eigenvalue weighted by atomic mass is 10.3. The largest absolute Gasteiger partial charge is 0.357 e. The molecule has 2 rings (SSSR count). The minimum atomic E-state index is 0. The van der Waals surface area contributed by atoms with Gasteiger partial charge in [0.25, 0.3) is 0 Å². The van der Waals surface area contributed by atoms with Gasteiger partial charge in [0.05, 0.1) is 11.0 Å². The highest BCUT2D eigenvalue weighted by atomic mass is 127. The molecule has 0 atom stereocenters. The number of hydrogen-bond donors (Lipinski definition) is 3. The molecule has 1 aromatic carbocycles. The Hall–Kier alpha value is -1.31. The summed E-state index contributed by atoms with van der Waals surface area (Å²) in [7, 11) is 0. The van der Waals surface area contributed by atoms with E-state index in [4.69, 9.17) is 0 Å². The number of nitrogens with zero attached hydrogens (tertiary/aromatic N) is 2. The standard InChI is InChI=1S/C15H23N5.HI/c1-3-16-15(17-4-2)18-11-7-10-14-19-12-8-5-6-9-13(12)20-14;/h5-6,8-9H,3-4,7,10-11H2,1-2H3,(H,19,20)(H2,16,17,18);1H. The summed E-state index contributed by atoms with van der Waals surface area (Å²) in [5.74, 6) is 1.93. The molecule has 3 N–H and O–H groups in total. The van der Waals surface area contributed by atoms with Gasteiger partial charge >= 0.3 is 0 Å². The van der Waals surface area contributed by atoms with E-state index in [1.54, 1.807) is 0 Å². The van der Waals surface area contributed by atoms with Gasteiger partial charge < -0.3 is 15.6 Å². The maximum absolute atomic E-state index is 4.57. The zero-order valence-corrected chi connectivity index (χ0v) is 15.0. The lowest BCUT2D eigenvalue weighted by molar-refractivity contribution is 0.774. The molecular weight excluding hydrogens is 377 g/mol. The second kappa shape index (κ2) is 9.59. The third-order valence-corrected chi connectivity index (χ3v) is 2.97. The molecule has 0 aliphatic rings. The van der Waals surface area contributed by atoms with Crippen LogP contribution in [0, 0.1) is 0 Å². The molecule has 0 radical (unpaired) electrons. The highest BCUT2D eigenvalue weighted by molar-refractivity contribution is 14.0. The number of halogens is 1. The molecule has 0 aliphatic carbocycles. The lowest BCUT2D eigenvalue weighted by Gasteiger charge is -2.08. The van der Waals surface area contributed by atoms with E-state index in [-0.39, 0.29) is 24.0 Å². The van der Waals surface area contributed by atoms with E-state index < -0.39 is 0 Å². The minimum absolute atomic E-state index is 0. The number of para-hydroxylation sites is 2. The van der Waals surface area contributed by atoms with Crippen molar-refractivity contribution in [2.45, 2.75) is 26.7 Å². The Morgan fingerprint density at radius 3 is 2.57 bits per heavy atom. The fraction of sp³-hybridized carbons (Fsp3) is 0.467. The summed E-state index contributed by atoms with van der Waals surface area (Å²) in [6.45, 7) is 6.71. The van der Waals surface area contributed by atoms with E-state index in [0.717, 1.165) is 55.3 Å². The van der Waals surface area contributed by atoms with E-state index in [0.29, 0.717) is 0 Å². The Morgan fingerprint density at radius 1 is 1.19 bits per heavy atom. The number of hydrogen-bond acceptors (Lipinski definition) is 2. The van der Waals surface area contributed by atoms with Crippen LogP contribution in [-0.4, -0.2) is 35.6 Å². The third-order valence-electron chi connectivity index (χ3n) is 2.97. The Labute approximate surface area is 143 Å². The number of rotatable bonds is 6. The van der Waals surface area contributed by atoms with Crippen molar-refractivity contribution in [3.63, 3.8) is 0 Å². The van der Waals surface area contributed by atoms with Gasteiger partial charge in [0, 0.05) is 26.1 Å². The number of imidazole rings is 1. The maximum atomic E-state index is 4.57. The summed E-state index contributed by atoms with van der Waals surface area (Å²) in [6, 6.07) is 8.12. The van der Waals surface area contributed by atoms with Crippen LogP contribution in [0.5, 0.6) is 0 Å². The molecule has 21 heavy (non-hydrogen) atoms. The zero-order valence-electron chi connectivity index (χ0n) is 12.6. The van der Waals surface area contributed by atoms with Crippen LogP contribution in [0.3, 0.4) is 0 Å². The first-order chi connectivity index (χ1) is 9.83. The number of fused-ring (bicyclic) bond motifs is 1. The number of aromatic nitrogens is 2. The van der Waals surface area contributed by atoms with Gasteiger partial charge in [-0.2, -0.15) is 0 Å². The molecule has 1 heterocycles. The van der Waals surface area contributed by atoms with Crippen LogP contribution in [0.4, 0.5) is 0 Å². The molecule has 0 spiro atoms. The summed E-state index contributed by atoms with van der Waals surface area (Å²) in [5, 5.41) is 6.44. The molecule has 0 aliphatic heterocycles. The number of aliphatic imine (C=N–C) groups is 1. The molecule has 0 fully saturated rings. The van der Waals surface area contributed by atoms with Crippen LogP contribution in [-0.2, 0) is 6.42 Å². The number of H-pyrrole nitrogens is 1. The number of benzene rings is 1. The van der Waals surface area contributed by atoms with E-state index >= 15 is 0 Å². The Kier molecular flexibility index (Phi) is 8.11. The van der Waals surface area contributed by atoms with Gasteiger partial charge in [0.2, 0.25) is 0 Å². The molecule has 0 saturated heterocycles. The molecule has 6 heteroatoms. The van der Waals surface area contributed by atoms with Crippen molar-refractivity contribution in [1.29, 1.82) is 0 Å². The maximum Gasteiger partial charge on any atom is 0.191 e.